The van der Waals surface area contributed by atoms with E-state index in [1.54, 1.807) is 18.0 Å². The number of halogens is 1. The van der Waals surface area contributed by atoms with E-state index in [2.05, 4.69) is 0 Å². The zero-order valence-corrected chi connectivity index (χ0v) is 14.8. The molecule has 0 aliphatic rings. The lowest BCUT2D eigenvalue weighted by Crippen LogP contribution is -2.31. The number of carbonyl (C=O) groups excluding carboxylic acids is 1. The number of aryl methyl sites for hydroxylation is 1. The largest absolute Gasteiger partial charge is 0.496 e. The second kappa shape index (κ2) is 7.93. The van der Waals surface area contributed by atoms with Gasteiger partial charge in [0.15, 0.2) is 0 Å². The van der Waals surface area contributed by atoms with E-state index >= 15 is 0 Å². The summed E-state index contributed by atoms with van der Waals surface area (Å²) in [5, 5.41) is 0.323. The topological polar surface area (TPSA) is 64.8 Å². The maximum absolute atomic E-state index is 12.6. The second-order valence-electron chi connectivity index (χ2n) is 5.47. The van der Waals surface area contributed by atoms with Gasteiger partial charge in [0, 0.05) is 13.1 Å². The Kier molecular flexibility index (Phi) is 5.93. The van der Waals surface area contributed by atoms with E-state index in [1.807, 2.05) is 31.2 Å². The number of hydrogen-bond acceptors (Lipinski definition) is 4. The summed E-state index contributed by atoms with van der Waals surface area (Å²) >= 11 is 6.01. The van der Waals surface area contributed by atoms with Crippen LogP contribution >= 0.6 is 11.6 Å². The van der Waals surface area contributed by atoms with Gasteiger partial charge in [0.05, 0.1) is 29.9 Å². The standard InChI is InChI=1S/C18H21ClN2O3/c1-12-5-4-6-13(9-12)24-8-7-21(2)18(22)14-10-15(19)16(20)11-17(14)23-3/h4-6,9-11H,7-8,20H2,1-3H3. The molecule has 0 aliphatic heterocycles. The van der Waals surface area contributed by atoms with Crippen LogP contribution in [0.3, 0.4) is 0 Å². The lowest BCUT2D eigenvalue weighted by molar-refractivity contribution is 0.0770. The third kappa shape index (κ3) is 4.32. The summed E-state index contributed by atoms with van der Waals surface area (Å²) in [7, 11) is 3.19. The van der Waals surface area contributed by atoms with Crippen LogP contribution in [0.4, 0.5) is 5.69 Å². The molecular weight excluding hydrogens is 328 g/mol. The van der Waals surface area contributed by atoms with Gasteiger partial charge in [-0.1, -0.05) is 23.7 Å². The van der Waals surface area contributed by atoms with E-state index in [0.29, 0.717) is 35.2 Å². The first-order chi connectivity index (χ1) is 11.4. The molecule has 6 heteroatoms. The maximum atomic E-state index is 12.6. The predicted molar refractivity (Wildman–Crippen MR) is 96.1 cm³/mol. The smallest absolute Gasteiger partial charge is 0.257 e. The number of likely N-dealkylation sites (N-methyl/N-ethyl adjacent to an activating group) is 1. The molecule has 0 radical (unpaired) electrons. The van der Waals surface area contributed by atoms with Gasteiger partial charge in [-0.15, -0.1) is 0 Å². The Morgan fingerprint density at radius 3 is 2.71 bits per heavy atom. The minimum absolute atomic E-state index is 0.207. The minimum Gasteiger partial charge on any atom is -0.496 e. The number of nitrogens with two attached hydrogens (primary N) is 1. The number of methoxy groups -OCH3 is 1. The molecule has 2 aromatic rings. The highest BCUT2D eigenvalue weighted by atomic mass is 35.5. The number of hydrogen-bond donors (Lipinski definition) is 1. The number of nitrogens with zero attached hydrogens (tertiary/aromatic N) is 1. The molecule has 0 saturated heterocycles. The molecule has 0 aliphatic carbocycles. The Morgan fingerprint density at radius 2 is 2.04 bits per heavy atom. The molecule has 0 spiro atoms. The fourth-order valence-electron chi connectivity index (χ4n) is 2.22. The number of rotatable bonds is 6. The number of nitrogen functional groups attached to an aromatic ring is 1. The molecule has 0 unspecified atom stereocenters. The molecule has 0 bridgehead atoms. The SMILES string of the molecule is COc1cc(N)c(Cl)cc1C(=O)N(C)CCOc1cccc(C)c1. The highest BCUT2D eigenvalue weighted by Gasteiger charge is 2.18. The fraction of sp³-hybridized carbons (Fsp3) is 0.278. The predicted octanol–water partition coefficient (Wildman–Crippen LogP) is 3.39. The average molecular weight is 349 g/mol. The van der Waals surface area contributed by atoms with E-state index in [0.717, 1.165) is 11.3 Å². The Hall–Kier alpha value is -2.40. The van der Waals surface area contributed by atoms with Crippen LogP contribution < -0.4 is 15.2 Å². The Balaban J connectivity index is 2.01. The molecule has 0 atom stereocenters. The molecule has 0 heterocycles. The Labute approximate surface area is 146 Å². The van der Waals surface area contributed by atoms with Crippen LogP contribution in [0.1, 0.15) is 15.9 Å². The molecule has 24 heavy (non-hydrogen) atoms. The van der Waals surface area contributed by atoms with Crippen molar-refractivity contribution in [3.8, 4) is 11.5 Å². The van der Waals surface area contributed by atoms with Crippen molar-refractivity contribution in [1.29, 1.82) is 0 Å². The van der Waals surface area contributed by atoms with Gasteiger partial charge in [-0.3, -0.25) is 4.79 Å². The molecule has 0 aromatic heterocycles. The number of anilines is 1. The van der Waals surface area contributed by atoms with Gasteiger partial charge in [-0.2, -0.15) is 0 Å². The summed E-state index contributed by atoms with van der Waals surface area (Å²) in [5.74, 6) is 0.971. The highest BCUT2D eigenvalue weighted by molar-refractivity contribution is 6.33. The first-order valence-electron chi connectivity index (χ1n) is 7.50. The molecule has 128 valence electrons. The summed E-state index contributed by atoms with van der Waals surface area (Å²) in [4.78, 5) is 14.1. The number of amides is 1. The molecule has 5 nitrogen and oxygen atoms in total. The Morgan fingerprint density at radius 1 is 1.29 bits per heavy atom. The summed E-state index contributed by atoms with van der Waals surface area (Å²) in [6.07, 6.45) is 0. The van der Waals surface area contributed by atoms with Gasteiger partial charge < -0.3 is 20.1 Å². The van der Waals surface area contributed by atoms with Crippen LogP contribution in [0.25, 0.3) is 0 Å². The van der Waals surface area contributed by atoms with Crippen LogP contribution in [-0.2, 0) is 0 Å². The van der Waals surface area contributed by atoms with Crippen LogP contribution in [0.5, 0.6) is 11.5 Å². The van der Waals surface area contributed by atoms with Gasteiger partial charge in [-0.05, 0) is 30.7 Å². The zero-order valence-electron chi connectivity index (χ0n) is 14.0. The fourth-order valence-corrected chi connectivity index (χ4v) is 2.38. The normalized spacial score (nSPS) is 10.3. The van der Waals surface area contributed by atoms with Crippen molar-refractivity contribution in [2.24, 2.45) is 0 Å². The average Bonchev–Trinajstić information content (AvgIpc) is 2.56. The number of benzene rings is 2. The second-order valence-corrected chi connectivity index (χ2v) is 5.87. The third-order valence-corrected chi connectivity index (χ3v) is 3.91. The van der Waals surface area contributed by atoms with Gasteiger partial charge in [0.1, 0.15) is 18.1 Å². The van der Waals surface area contributed by atoms with E-state index in [1.165, 1.54) is 13.2 Å². The third-order valence-electron chi connectivity index (χ3n) is 3.58. The van der Waals surface area contributed by atoms with E-state index in [9.17, 15) is 4.79 Å². The first kappa shape index (κ1) is 17.9. The summed E-state index contributed by atoms with van der Waals surface area (Å²) in [6.45, 7) is 2.81. The van der Waals surface area contributed by atoms with Crippen LogP contribution in [0, 0.1) is 6.92 Å². The van der Waals surface area contributed by atoms with Crippen molar-refractivity contribution in [2.45, 2.75) is 6.92 Å². The highest BCUT2D eigenvalue weighted by Crippen LogP contribution is 2.29. The van der Waals surface area contributed by atoms with Crippen molar-refractivity contribution in [2.75, 3.05) is 33.0 Å². The van der Waals surface area contributed by atoms with Crippen LogP contribution in [0.15, 0.2) is 36.4 Å². The monoisotopic (exact) mass is 348 g/mol. The van der Waals surface area contributed by atoms with Gasteiger partial charge >= 0.3 is 0 Å². The van der Waals surface area contributed by atoms with E-state index in [4.69, 9.17) is 26.8 Å². The van der Waals surface area contributed by atoms with Crippen molar-refractivity contribution in [3.05, 3.63) is 52.5 Å². The van der Waals surface area contributed by atoms with E-state index in [-0.39, 0.29) is 5.91 Å². The summed E-state index contributed by atoms with van der Waals surface area (Å²) < 4.78 is 10.9. The molecular formula is C18H21ClN2O3. The summed E-state index contributed by atoms with van der Waals surface area (Å²) in [5.41, 5.74) is 7.61. The molecule has 0 saturated carbocycles. The van der Waals surface area contributed by atoms with Gasteiger partial charge in [0.25, 0.3) is 5.91 Å². The Bertz CT molecular complexity index is 734. The maximum Gasteiger partial charge on any atom is 0.257 e. The molecule has 1 amide bonds. The van der Waals surface area contributed by atoms with Crippen LogP contribution in [0.2, 0.25) is 5.02 Å². The van der Waals surface area contributed by atoms with Crippen LogP contribution in [-0.4, -0.2) is 38.1 Å². The van der Waals surface area contributed by atoms with Crippen molar-refractivity contribution in [1.82, 2.24) is 4.90 Å². The lowest BCUT2D eigenvalue weighted by Gasteiger charge is -2.19. The molecule has 0 fully saturated rings. The van der Waals surface area contributed by atoms with Crippen molar-refractivity contribution < 1.29 is 14.3 Å². The summed E-state index contributed by atoms with van der Waals surface area (Å²) in [6, 6.07) is 10.8. The zero-order chi connectivity index (χ0) is 17.7. The minimum atomic E-state index is -0.207. The van der Waals surface area contributed by atoms with E-state index < -0.39 is 0 Å². The van der Waals surface area contributed by atoms with Gasteiger partial charge in [-0.25, -0.2) is 0 Å². The quantitative estimate of drug-likeness (QED) is 0.813. The molecule has 2 rings (SSSR count). The van der Waals surface area contributed by atoms with Crippen molar-refractivity contribution >= 4 is 23.2 Å². The van der Waals surface area contributed by atoms with Gasteiger partial charge in [0.2, 0.25) is 0 Å². The number of carbonyl (C=O) groups is 1. The molecule has 2 aromatic carbocycles. The lowest BCUT2D eigenvalue weighted by atomic mass is 10.1. The first-order valence-corrected chi connectivity index (χ1v) is 7.88. The molecule has 2 N–H and O–H groups in total. The van der Waals surface area contributed by atoms with Crippen molar-refractivity contribution in [3.63, 3.8) is 0 Å². The number of ether oxygens (including phenoxy) is 2.